The molecule has 0 saturated carbocycles. The van der Waals surface area contributed by atoms with Crippen LogP contribution in [0.1, 0.15) is 10.4 Å². The maximum atomic E-state index is 12.3. The van der Waals surface area contributed by atoms with Crippen LogP contribution in [0.25, 0.3) is 0 Å². The molecule has 0 saturated heterocycles. The molecule has 10 heteroatoms. The van der Waals surface area contributed by atoms with E-state index in [1.165, 1.54) is 30.3 Å². The van der Waals surface area contributed by atoms with Crippen LogP contribution in [0.4, 0.5) is 18.9 Å². The Balaban J connectivity index is 2.16. The van der Waals surface area contributed by atoms with Gasteiger partial charge in [0.1, 0.15) is 6.54 Å². The van der Waals surface area contributed by atoms with Gasteiger partial charge in [0, 0.05) is 15.7 Å². The Morgan fingerprint density at radius 1 is 1.08 bits per heavy atom. The van der Waals surface area contributed by atoms with Crippen molar-refractivity contribution in [3.63, 3.8) is 0 Å². The van der Waals surface area contributed by atoms with E-state index in [0.717, 1.165) is 6.07 Å². The molecule has 0 heterocycles. The fourth-order valence-electron chi connectivity index (χ4n) is 1.83. The van der Waals surface area contributed by atoms with E-state index in [2.05, 4.69) is 20.7 Å². The normalized spacial score (nSPS) is 11.8. The maximum absolute atomic E-state index is 12.3. The molecule has 2 aromatic rings. The largest absolute Gasteiger partial charge is 0.405 e. The standard InChI is InChI=1S/C15H12BrF3N2O3S/c16-11-4-6-13(7-5-11)25(23,24)21-12-3-1-2-10(8-12)14(22)20-9-15(17,18)19/h1-8,21H,9H2,(H,20,22). The van der Waals surface area contributed by atoms with Crippen LogP contribution < -0.4 is 10.0 Å². The molecule has 2 N–H and O–H groups in total. The molecule has 0 fully saturated rings. The first-order chi connectivity index (χ1) is 11.6. The van der Waals surface area contributed by atoms with E-state index in [1.54, 1.807) is 17.4 Å². The zero-order valence-electron chi connectivity index (χ0n) is 12.5. The molecule has 0 aliphatic heterocycles. The third-order valence-electron chi connectivity index (χ3n) is 2.95. The van der Waals surface area contributed by atoms with Gasteiger partial charge in [0.2, 0.25) is 0 Å². The molecule has 25 heavy (non-hydrogen) atoms. The number of rotatable bonds is 5. The molecular weight excluding hydrogens is 425 g/mol. The Labute approximate surface area is 150 Å². The summed E-state index contributed by atoms with van der Waals surface area (Å²) >= 11 is 3.19. The third-order valence-corrected chi connectivity index (χ3v) is 4.88. The lowest BCUT2D eigenvalue weighted by Crippen LogP contribution is -2.33. The number of nitrogens with one attached hydrogen (secondary N) is 2. The fourth-order valence-corrected chi connectivity index (χ4v) is 3.15. The van der Waals surface area contributed by atoms with Crippen LogP contribution >= 0.6 is 15.9 Å². The Morgan fingerprint density at radius 2 is 1.72 bits per heavy atom. The topological polar surface area (TPSA) is 75.3 Å². The summed E-state index contributed by atoms with van der Waals surface area (Å²) in [5, 5.41) is 1.72. The number of amides is 1. The molecule has 1 amide bonds. The van der Waals surface area contributed by atoms with Crippen LogP contribution in [0.15, 0.2) is 57.9 Å². The third kappa shape index (κ3) is 5.75. The van der Waals surface area contributed by atoms with Crippen molar-refractivity contribution >= 4 is 37.5 Å². The lowest BCUT2D eigenvalue weighted by molar-refractivity contribution is -0.123. The molecule has 0 spiro atoms. The number of hydrogen-bond donors (Lipinski definition) is 2. The van der Waals surface area contributed by atoms with Gasteiger partial charge in [-0.1, -0.05) is 22.0 Å². The molecule has 2 aromatic carbocycles. The van der Waals surface area contributed by atoms with Crippen molar-refractivity contribution in [2.75, 3.05) is 11.3 Å². The first-order valence-electron chi connectivity index (χ1n) is 6.80. The molecule has 134 valence electrons. The van der Waals surface area contributed by atoms with Crippen LogP contribution in [0.3, 0.4) is 0 Å². The van der Waals surface area contributed by atoms with E-state index < -0.39 is 28.7 Å². The fraction of sp³-hybridized carbons (Fsp3) is 0.133. The molecule has 0 aliphatic rings. The van der Waals surface area contributed by atoms with Crippen molar-refractivity contribution in [2.45, 2.75) is 11.1 Å². The smallest absolute Gasteiger partial charge is 0.343 e. The zero-order valence-corrected chi connectivity index (χ0v) is 14.9. The number of anilines is 1. The summed E-state index contributed by atoms with van der Waals surface area (Å²) in [4.78, 5) is 11.7. The van der Waals surface area contributed by atoms with Gasteiger partial charge in [0.05, 0.1) is 4.90 Å². The Bertz CT molecular complexity index is 868. The molecule has 0 radical (unpaired) electrons. The molecule has 5 nitrogen and oxygen atoms in total. The van der Waals surface area contributed by atoms with Gasteiger partial charge in [-0.15, -0.1) is 0 Å². The zero-order chi connectivity index (χ0) is 18.7. The van der Waals surface area contributed by atoms with Gasteiger partial charge in [-0.2, -0.15) is 13.2 Å². The minimum absolute atomic E-state index is 0.00243. The van der Waals surface area contributed by atoms with Gasteiger partial charge >= 0.3 is 6.18 Å². The summed E-state index contributed by atoms with van der Waals surface area (Å²) in [6.45, 7) is -1.47. The molecule has 0 aliphatic carbocycles. The molecule has 0 atom stereocenters. The molecule has 0 aromatic heterocycles. The predicted molar refractivity (Wildman–Crippen MR) is 89.8 cm³/mol. The Kier molecular flexibility index (Phi) is 5.73. The van der Waals surface area contributed by atoms with Gasteiger partial charge in [0.15, 0.2) is 0 Å². The SMILES string of the molecule is O=C(NCC(F)(F)F)c1cccc(NS(=O)(=O)c2ccc(Br)cc2)c1. The highest BCUT2D eigenvalue weighted by Crippen LogP contribution is 2.19. The van der Waals surface area contributed by atoms with Crippen molar-refractivity contribution in [3.05, 3.63) is 58.6 Å². The van der Waals surface area contributed by atoms with Crippen LogP contribution in [0.5, 0.6) is 0 Å². The molecule has 0 unspecified atom stereocenters. The Morgan fingerprint density at radius 3 is 2.32 bits per heavy atom. The average molecular weight is 437 g/mol. The summed E-state index contributed by atoms with van der Waals surface area (Å²) < 4.78 is 64.0. The number of alkyl halides is 3. The summed E-state index contributed by atoms with van der Waals surface area (Å²) in [6.07, 6.45) is -4.53. The first kappa shape index (κ1) is 19.3. The van der Waals surface area contributed by atoms with Crippen molar-refractivity contribution in [1.29, 1.82) is 0 Å². The second-order valence-electron chi connectivity index (χ2n) is 4.94. The van der Waals surface area contributed by atoms with E-state index >= 15 is 0 Å². The van der Waals surface area contributed by atoms with Crippen LogP contribution in [0.2, 0.25) is 0 Å². The maximum Gasteiger partial charge on any atom is 0.405 e. The van der Waals surface area contributed by atoms with E-state index in [1.807, 2.05) is 0 Å². The predicted octanol–water partition coefficient (Wildman–Crippen LogP) is 3.54. The first-order valence-corrected chi connectivity index (χ1v) is 9.08. The van der Waals surface area contributed by atoms with Crippen molar-refractivity contribution in [1.82, 2.24) is 5.32 Å². The number of carbonyl (C=O) groups is 1. The van der Waals surface area contributed by atoms with Crippen LogP contribution in [0, 0.1) is 0 Å². The van der Waals surface area contributed by atoms with E-state index in [4.69, 9.17) is 0 Å². The van der Waals surface area contributed by atoms with E-state index in [0.29, 0.717) is 4.47 Å². The van der Waals surface area contributed by atoms with Gasteiger partial charge < -0.3 is 5.32 Å². The van der Waals surface area contributed by atoms with Gasteiger partial charge in [0.25, 0.3) is 15.9 Å². The highest BCUT2D eigenvalue weighted by Gasteiger charge is 2.28. The lowest BCUT2D eigenvalue weighted by atomic mass is 10.2. The lowest BCUT2D eigenvalue weighted by Gasteiger charge is -2.11. The van der Waals surface area contributed by atoms with Crippen LogP contribution in [-0.2, 0) is 10.0 Å². The van der Waals surface area contributed by atoms with Gasteiger partial charge in [-0.3, -0.25) is 9.52 Å². The quantitative estimate of drug-likeness (QED) is 0.752. The Hall–Kier alpha value is -2.07. The number of carbonyl (C=O) groups excluding carboxylic acids is 1. The number of hydrogen-bond acceptors (Lipinski definition) is 3. The highest BCUT2D eigenvalue weighted by atomic mass is 79.9. The van der Waals surface area contributed by atoms with E-state index in [-0.39, 0.29) is 16.1 Å². The second kappa shape index (κ2) is 7.44. The summed E-state index contributed by atoms with van der Waals surface area (Å²) in [6, 6.07) is 11.0. The van der Waals surface area contributed by atoms with Crippen molar-refractivity contribution in [2.24, 2.45) is 0 Å². The summed E-state index contributed by atoms with van der Waals surface area (Å²) in [7, 11) is -3.89. The molecular formula is C15H12BrF3N2O3S. The van der Waals surface area contributed by atoms with Gasteiger partial charge in [-0.25, -0.2) is 8.42 Å². The van der Waals surface area contributed by atoms with Crippen LogP contribution in [-0.4, -0.2) is 27.0 Å². The summed E-state index contributed by atoms with van der Waals surface area (Å²) in [5.74, 6) is -0.956. The van der Waals surface area contributed by atoms with E-state index in [9.17, 15) is 26.4 Å². The highest BCUT2D eigenvalue weighted by molar-refractivity contribution is 9.10. The minimum atomic E-state index is -4.53. The number of halogens is 4. The molecule has 2 rings (SSSR count). The second-order valence-corrected chi connectivity index (χ2v) is 7.54. The monoisotopic (exact) mass is 436 g/mol. The summed E-state index contributed by atoms with van der Waals surface area (Å²) in [5.41, 5.74) is -0.0390. The number of sulfonamides is 1. The number of benzene rings is 2. The average Bonchev–Trinajstić information content (AvgIpc) is 2.52. The van der Waals surface area contributed by atoms with Crippen molar-refractivity contribution < 1.29 is 26.4 Å². The van der Waals surface area contributed by atoms with Crippen molar-refractivity contribution in [3.8, 4) is 0 Å². The minimum Gasteiger partial charge on any atom is -0.343 e. The molecule has 0 bridgehead atoms. The van der Waals surface area contributed by atoms with Gasteiger partial charge in [-0.05, 0) is 42.5 Å².